The molecule has 0 saturated carbocycles. The molecule has 0 aromatic heterocycles. The first-order chi connectivity index (χ1) is 11.5. The van der Waals surface area contributed by atoms with Gasteiger partial charge in [0.1, 0.15) is 0 Å². The van der Waals surface area contributed by atoms with Crippen molar-refractivity contribution in [2.45, 2.75) is 39.3 Å². The number of hydrogen-bond donors (Lipinski definition) is 2. The fourth-order valence-electron chi connectivity index (χ4n) is 2.19. The lowest BCUT2D eigenvalue weighted by Crippen LogP contribution is -2.42. The molecule has 6 heteroatoms. The number of guanidine groups is 1. The molecular weight excluding hydrogens is 427 g/mol. The second-order valence-corrected chi connectivity index (χ2v) is 6.28. The number of ether oxygens (including phenoxy) is 1. The van der Waals surface area contributed by atoms with Crippen LogP contribution in [0.4, 0.5) is 0 Å². The van der Waals surface area contributed by atoms with Gasteiger partial charge in [-0.05, 0) is 39.8 Å². The Labute approximate surface area is 170 Å². The highest BCUT2D eigenvalue weighted by molar-refractivity contribution is 14.0. The molecule has 0 saturated heterocycles. The van der Waals surface area contributed by atoms with Crippen LogP contribution >= 0.6 is 24.0 Å². The molecular formula is C19H35IN4O. The summed E-state index contributed by atoms with van der Waals surface area (Å²) in [6.45, 7) is 9.95. The first-order valence-corrected chi connectivity index (χ1v) is 8.86. The quantitative estimate of drug-likeness (QED) is 0.243. The highest BCUT2D eigenvalue weighted by atomic mass is 127. The predicted octanol–water partition coefficient (Wildman–Crippen LogP) is 3.28. The van der Waals surface area contributed by atoms with E-state index in [1.54, 1.807) is 7.05 Å². The van der Waals surface area contributed by atoms with E-state index >= 15 is 0 Å². The molecule has 0 radical (unpaired) electrons. The molecule has 2 N–H and O–H groups in total. The number of aliphatic imine (C=N–C) groups is 1. The zero-order valence-electron chi connectivity index (χ0n) is 16.3. The highest BCUT2D eigenvalue weighted by Gasteiger charge is 2.05. The molecule has 5 nitrogen and oxygen atoms in total. The molecule has 1 aromatic carbocycles. The number of halogens is 1. The van der Waals surface area contributed by atoms with Gasteiger partial charge in [-0.2, -0.15) is 0 Å². The summed E-state index contributed by atoms with van der Waals surface area (Å²) in [7, 11) is 3.93. The Kier molecular flexibility index (Phi) is 13.8. The Morgan fingerprint density at radius 1 is 1.12 bits per heavy atom. The number of likely N-dealkylation sites (N-methyl/N-ethyl adjacent to an activating group) is 1. The van der Waals surface area contributed by atoms with Crippen molar-refractivity contribution in [1.29, 1.82) is 0 Å². The molecule has 1 atom stereocenters. The smallest absolute Gasteiger partial charge is 0.191 e. The monoisotopic (exact) mass is 462 g/mol. The van der Waals surface area contributed by atoms with Crippen LogP contribution in [-0.2, 0) is 4.74 Å². The fraction of sp³-hybridized carbons (Fsp3) is 0.632. The summed E-state index contributed by atoms with van der Waals surface area (Å²) in [6.07, 6.45) is 1.08. The van der Waals surface area contributed by atoms with Gasteiger partial charge in [-0.15, -0.1) is 24.0 Å². The zero-order chi connectivity index (χ0) is 17.8. The molecule has 0 amide bonds. The van der Waals surface area contributed by atoms with Gasteiger partial charge >= 0.3 is 0 Å². The summed E-state index contributed by atoms with van der Waals surface area (Å²) in [5.74, 6) is 0.850. The Bertz CT molecular complexity index is 468. The lowest BCUT2D eigenvalue weighted by atomic mass is 10.1. The summed E-state index contributed by atoms with van der Waals surface area (Å²) >= 11 is 0. The Morgan fingerprint density at radius 2 is 1.76 bits per heavy atom. The average molecular weight is 462 g/mol. The molecule has 0 aliphatic rings. The third-order valence-electron chi connectivity index (χ3n) is 4.11. The van der Waals surface area contributed by atoms with E-state index in [2.05, 4.69) is 60.5 Å². The number of nitrogens with zero attached hydrogens (tertiary/aromatic N) is 2. The predicted molar refractivity (Wildman–Crippen MR) is 118 cm³/mol. The van der Waals surface area contributed by atoms with Crippen LogP contribution in [-0.4, -0.2) is 57.2 Å². The molecule has 1 unspecified atom stereocenters. The molecule has 144 valence electrons. The van der Waals surface area contributed by atoms with E-state index in [4.69, 9.17) is 4.74 Å². The largest absolute Gasteiger partial charge is 0.374 e. The first-order valence-electron chi connectivity index (χ1n) is 8.86. The van der Waals surface area contributed by atoms with Crippen LogP contribution in [0.3, 0.4) is 0 Å². The molecule has 0 spiro atoms. The maximum atomic E-state index is 5.88. The van der Waals surface area contributed by atoms with Crippen LogP contribution in [0.15, 0.2) is 35.3 Å². The molecule has 0 aliphatic carbocycles. The molecule has 0 aliphatic heterocycles. The van der Waals surface area contributed by atoms with Crippen LogP contribution in [0, 0.1) is 0 Å². The third kappa shape index (κ3) is 10.7. The summed E-state index contributed by atoms with van der Waals surface area (Å²) in [6, 6.07) is 10.9. The van der Waals surface area contributed by atoms with Crippen LogP contribution in [0.5, 0.6) is 0 Å². The van der Waals surface area contributed by atoms with E-state index < -0.39 is 0 Å². The van der Waals surface area contributed by atoms with Crippen LogP contribution in [0.2, 0.25) is 0 Å². The molecule has 0 bridgehead atoms. The van der Waals surface area contributed by atoms with Crippen molar-refractivity contribution in [3.8, 4) is 0 Å². The van der Waals surface area contributed by atoms with Crippen molar-refractivity contribution in [2.75, 3.05) is 40.3 Å². The number of hydrogen-bond acceptors (Lipinski definition) is 3. The van der Waals surface area contributed by atoms with E-state index in [-0.39, 0.29) is 30.1 Å². The summed E-state index contributed by atoms with van der Waals surface area (Å²) < 4.78 is 5.88. The Morgan fingerprint density at radius 3 is 2.36 bits per heavy atom. The molecule has 1 rings (SSSR count). The minimum absolute atomic E-state index is 0. The Balaban J connectivity index is 0.00000576. The van der Waals surface area contributed by atoms with Gasteiger partial charge in [0.05, 0.1) is 6.10 Å². The maximum absolute atomic E-state index is 5.88. The van der Waals surface area contributed by atoms with Gasteiger partial charge in [-0.25, -0.2) is 0 Å². The molecule has 0 fully saturated rings. The minimum atomic E-state index is 0. The van der Waals surface area contributed by atoms with Crippen LogP contribution in [0.25, 0.3) is 0 Å². The number of benzene rings is 1. The summed E-state index contributed by atoms with van der Waals surface area (Å²) in [5, 5.41) is 6.66. The van der Waals surface area contributed by atoms with E-state index in [1.165, 1.54) is 5.56 Å². The normalized spacial score (nSPS) is 12.8. The number of rotatable bonds is 10. The van der Waals surface area contributed by atoms with Crippen molar-refractivity contribution in [1.82, 2.24) is 15.5 Å². The van der Waals surface area contributed by atoms with Gasteiger partial charge in [0.25, 0.3) is 0 Å². The third-order valence-corrected chi connectivity index (χ3v) is 4.11. The fourth-order valence-corrected chi connectivity index (χ4v) is 2.19. The standard InChI is InChI=1S/C19H34N4O.HI/c1-16(2)23(5)14-13-22-19(20-4)21-12-9-15-24-17(3)18-10-7-6-8-11-18;/h6-8,10-11,16-17H,9,12-15H2,1-5H3,(H2,20,21,22);1H. The molecule has 0 heterocycles. The van der Waals surface area contributed by atoms with Crippen molar-refractivity contribution in [3.05, 3.63) is 35.9 Å². The van der Waals surface area contributed by atoms with Crippen molar-refractivity contribution < 1.29 is 4.74 Å². The van der Waals surface area contributed by atoms with E-state index in [0.29, 0.717) is 6.04 Å². The van der Waals surface area contributed by atoms with Crippen molar-refractivity contribution in [3.63, 3.8) is 0 Å². The summed E-state index contributed by atoms with van der Waals surface area (Å²) in [5.41, 5.74) is 1.22. The lowest BCUT2D eigenvalue weighted by Gasteiger charge is -2.21. The van der Waals surface area contributed by atoms with Gasteiger partial charge in [0, 0.05) is 39.3 Å². The van der Waals surface area contributed by atoms with Gasteiger partial charge in [0.15, 0.2) is 5.96 Å². The SMILES string of the molecule is CN=C(NCCCOC(C)c1ccccc1)NCCN(C)C(C)C.I. The highest BCUT2D eigenvalue weighted by Crippen LogP contribution is 2.15. The molecule has 1 aromatic rings. The van der Waals surface area contributed by atoms with Gasteiger partial charge in [0.2, 0.25) is 0 Å². The van der Waals surface area contributed by atoms with Gasteiger partial charge in [-0.3, -0.25) is 4.99 Å². The Hall–Kier alpha value is -0.860. The molecule has 25 heavy (non-hydrogen) atoms. The van der Waals surface area contributed by atoms with Gasteiger partial charge < -0.3 is 20.3 Å². The first kappa shape index (κ1) is 24.1. The maximum Gasteiger partial charge on any atom is 0.191 e. The minimum Gasteiger partial charge on any atom is -0.374 e. The summed E-state index contributed by atoms with van der Waals surface area (Å²) in [4.78, 5) is 6.55. The second kappa shape index (κ2) is 14.3. The van der Waals surface area contributed by atoms with Crippen LogP contribution < -0.4 is 10.6 Å². The van der Waals surface area contributed by atoms with E-state index in [0.717, 1.165) is 38.6 Å². The zero-order valence-corrected chi connectivity index (χ0v) is 18.6. The van der Waals surface area contributed by atoms with E-state index in [1.807, 2.05) is 18.2 Å². The topological polar surface area (TPSA) is 48.9 Å². The van der Waals surface area contributed by atoms with Crippen molar-refractivity contribution in [2.24, 2.45) is 4.99 Å². The van der Waals surface area contributed by atoms with Gasteiger partial charge in [-0.1, -0.05) is 30.3 Å². The number of nitrogens with one attached hydrogen (secondary N) is 2. The van der Waals surface area contributed by atoms with Crippen LogP contribution in [0.1, 0.15) is 38.9 Å². The van der Waals surface area contributed by atoms with E-state index in [9.17, 15) is 0 Å². The van der Waals surface area contributed by atoms with Crippen molar-refractivity contribution >= 4 is 29.9 Å². The lowest BCUT2D eigenvalue weighted by molar-refractivity contribution is 0.0646. The average Bonchev–Trinajstić information content (AvgIpc) is 2.60. The second-order valence-electron chi connectivity index (χ2n) is 6.28.